The zero-order chi connectivity index (χ0) is 17.6. The van der Waals surface area contributed by atoms with Crippen molar-refractivity contribution in [2.24, 2.45) is 0 Å². The highest BCUT2D eigenvalue weighted by atomic mass is 19.1. The highest BCUT2D eigenvalue weighted by Crippen LogP contribution is 2.15. The molecule has 3 rings (SSSR count). The maximum Gasteiger partial charge on any atom is 0.270 e. The molecule has 0 unspecified atom stereocenters. The normalized spacial score (nSPS) is 10.3. The van der Waals surface area contributed by atoms with Gasteiger partial charge < -0.3 is 10.6 Å². The van der Waals surface area contributed by atoms with Gasteiger partial charge in [0.1, 0.15) is 23.2 Å². The highest BCUT2D eigenvalue weighted by Gasteiger charge is 2.11. The summed E-state index contributed by atoms with van der Waals surface area (Å²) in [5.41, 5.74) is 1.50. The molecule has 0 spiro atoms. The fraction of sp³-hybridized carbons (Fsp3) is 0.105. The van der Waals surface area contributed by atoms with Crippen molar-refractivity contribution in [2.75, 3.05) is 5.32 Å². The molecular weight excluding hydrogens is 319 g/mol. The summed E-state index contributed by atoms with van der Waals surface area (Å²) in [5, 5.41) is 5.81. The van der Waals surface area contributed by atoms with Crippen molar-refractivity contribution in [3.05, 3.63) is 83.6 Å². The molecule has 0 aliphatic carbocycles. The van der Waals surface area contributed by atoms with E-state index in [9.17, 15) is 9.18 Å². The summed E-state index contributed by atoms with van der Waals surface area (Å²) in [5.74, 6) is 0.254. The second-order valence-electron chi connectivity index (χ2n) is 5.45. The number of aryl methyl sites for hydroxylation is 1. The van der Waals surface area contributed by atoms with Gasteiger partial charge >= 0.3 is 0 Å². The molecular formula is C19H17FN4O. The molecule has 0 atom stereocenters. The fourth-order valence-electron chi connectivity index (χ4n) is 2.33. The Bertz CT molecular complexity index is 884. The molecule has 126 valence electrons. The van der Waals surface area contributed by atoms with Crippen LogP contribution in [0, 0.1) is 12.7 Å². The third-order valence-electron chi connectivity index (χ3n) is 3.51. The number of benzene rings is 2. The predicted molar refractivity (Wildman–Crippen MR) is 94.1 cm³/mol. The Hall–Kier alpha value is -3.28. The number of para-hydroxylation sites is 1. The summed E-state index contributed by atoms with van der Waals surface area (Å²) in [4.78, 5) is 20.8. The van der Waals surface area contributed by atoms with E-state index in [1.54, 1.807) is 31.2 Å². The Morgan fingerprint density at radius 3 is 2.52 bits per heavy atom. The van der Waals surface area contributed by atoms with E-state index in [1.165, 1.54) is 6.07 Å². The van der Waals surface area contributed by atoms with Crippen molar-refractivity contribution < 1.29 is 9.18 Å². The van der Waals surface area contributed by atoms with Crippen molar-refractivity contribution >= 4 is 17.4 Å². The molecule has 0 saturated heterocycles. The van der Waals surface area contributed by atoms with Crippen LogP contribution in [0.1, 0.15) is 21.9 Å². The number of rotatable bonds is 5. The molecule has 25 heavy (non-hydrogen) atoms. The summed E-state index contributed by atoms with van der Waals surface area (Å²) in [6, 6.07) is 17.4. The Morgan fingerprint density at radius 1 is 1.04 bits per heavy atom. The third-order valence-corrected chi connectivity index (χ3v) is 3.51. The number of anilines is 2. The molecule has 2 N–H and O–H groups in total. The van der Waals surface area contributed by atoms with Gasteiger partial charge in [-0.1, -0.05) is 36.4 Å². The molecule has 5 nitrogen and oxygen atoms in total. The highest BCUT2D eigenvalue weighted by molar-refractivity contribution is 5.93. The minimum absolute atomic E-state index is 0.0933. The number of amides is 1. The van der Waals surface area contributed by atoms with Gasteiger partial charge in [-0.15, -0.1) is 0 Å². The van der Waals surface area contributed by atoms with Crippen LogP contribution in [-0.4, -0.2) is 15.9 Å². The number of nitrogens with one attached hydrogen (secondary N) is 2. The Morgan fingerprint density at radius 2 is 1.76 bits per heavy atom. The minimum Gasteiger partial charge on any atom is -0.347 e. The first-order valence-electron chi connectivity index (χ1n) is 7.81. The molecule has 1 amide bonds. The third kappa shape index (κ3) is 4.38. The fourth-order valence-corrected chi connectivity index (χ4v) is 2.33. The number of halogens is 1. The van der Waals surface area contributed by atoms with Gasteiger partial charge in [-0.2, -0.15) is 0 Å². The molecule has 2 aromatic carbocycles. The minimum atomic E-state index is -0.384. The monoisotopic (exact) mass is 336 g/mol. The average molecular weight is 336 g/mol. The quantitative estimate of drug-likeness (QED) is 0.747. The summed E-state index contributed by atoms with van der Waals surface area (Å²) >= 11 is 0. The molecule has 0 radical (unpaired) electrons. The van der Waals surface area contributed by atoms with E-state index in [-0.39, 0.29) is 24.0 Å². The van der Waals surface area contributed by atoms with Crippen molar-refractivity contribution in [1.29, 1.82) is 0 Å². The Kier molecular flexibility index (Phi) is 4.99. The standard InChI is InChI=1S/C19H17FN4O/c1-13-22-17(11-18(23-13)24-15-8-3-2-4-9-15)19(25)21-12-14-7-5-6-10-16(14)20/h2-11H,12H2,1H3,(H,21,25)(H,22,23,24). The van der Waals surface area contributed by atoms with Gasteiger partial charge in [-0.3, -0.25) is 4.79 Å². The number of aromatic nitrogens is 2. The van der Waals surface area contributed by atoms with Gasteiger partial charge in [0.15, 0.2) is 0 Å². The zero-order valence-electron chi connectivity index (χ0n) is 13.7. The van der Waals surface area contributed by atoms with Crippen LogP contribution in [0.5, 0.6) is 0 Å². The van der Waals surface area contributed by atoms with E-state index in [0.717, 1.165) is 5.69 Å². The molecule has 0 aliphatic heterocycles. The largest absolute Gasteiger partial charge is 0.347 e. The van der Waals surface area contributed by atoms with E-state index < -0.39 is 0 Å². The first-order valence-corrected chi connectivity index (χ1v) is 7.81. The molecule has 0 bridgehead atoms. The van der Waals surface area contributed by atoms with E-state index in [2.05, 4.69) is 20.6 Å². The molecule has 3 aromatic rings. The first-order chi connectivity index (χ1) is 12.1. The van der Waals surface area contributed by atoms with Crippen LogP contribution >= 0.6 is 0 Å². The van der Waals surface area contributed by atoms with Crippen LogP contribution in [0.2, 0.25) is 0 Å². The van der Waals surface area contributed by atoms with E-state index in [4.69, 9.17) is 0 Å². The van der Waals surface area contributed by atoms with Gasteiger partial charge in [0.05, 0.1) is 0 Å². The number of hydrogen-bond donors (Lipinski definition) is 2. The Balaban J connectivity index is 1.73. The van der Waals surface area contributed by atoms with Crippen LogP contribution in [0.3, 0.4) is 0 Å². The van der Waals surface area contributed by atoms with Crippen LogP contribution in [0.25, 0.3) is 0 Å². The lowest BCUT2D eigenvalue weighted by molar-refractivity contribution is 0.0945. The summed E-state index contributed by atoms with van der Waals surface area (Å²) in [6.45, 7) is 1.81. The second-order valence-corrected chi connectivity index (χ2v) is 5.45. The Labute approximate surface area is 145 Å². The van der Waals surface area contributed by atoms with Crippen molar-refractivity contribution in [1.82, 2.24) is 15.3 Å². The molecule has 0 aliphatic rings. The first kappa shape index (κ1) is 16.6. The van der Waals surface area contributed by atoms with Gasteiger partial charge in [0.25, 0.3) is 5.91 Å². The molecule has 1 aromatic heterocycles. The van der Waals surface area contributed by atoms with Crippen molar-refractivity contribution in [3.8, 4) is 0 Å². The van der Waals surface area contributed by atoms with Crippen molar-refractivity contribution in [3.63, 3.8) is 0 Å². The number of carbonyl (C=O) groups is 1. The van der Waals surface area contributed by atoms with Gasteiger partial charge in [-0.25, -0.2) is 14.4 Å². The lowest BCUT2D eigenvalue weighted by Crippen LogP contribution is -2.25. The van der Waals surface area contributed by atoms with E-state index >= 15 is 0 Å². The summed E-state index contributed by atoms with van der Waals surface area (Å²) in [7, 11) is 0. The van der Waals surface area contributed by atoms with Gasteiger partial charge in [-0.05, 0) is 25.1 Å². The summed E-state index contributed by atoms with van der Waals surface area (Å²) < 4.78 is 13.6. The second kappa shape index (κ2) is 7.53. The number of nitrogens with zero attached hydrogens (tertiary/aromatic N) is 2. The van der Waals surface area contributed by atoms with Crippen LogP contribution < -0.4 is 10.6 Å². The number of carbonyl (C=O) groups excluding carboxylic acids is 1. The van der Waals surface area contributed by atoms with Crippen LogP contribution in [0.4, 0.5) is 15.9 Å². The van der Waals surface area contributed by atoms with Gasteiger partial charge in [0.2, 0.25) is 0 Å². The smallest absolute Gasteiger partial charge is 0.270 e. The lowest BCUT2D eigenvalue weighted by atomic mass is 10.2. The van der Waals surface area contributed by atoms with Crippen molar-refractivity contribution in [2.45, 2.75) is 13.5 Å². The zero-order valence-corrected chi connectivity index (χ0v) is 13.7. The van der Waals surface area contributed by atoms with E-state index in [1.807, 2.05) is 30.3 Å². The summed E-state index contributed by atoms with van der Waals surface area (Å²) in [6.07, 6.45) is 0. The molecule has 0 saturated carbocycles. The number of hydrogen-bond acceptors (Lipinski definition) is 4. The topological polar surface area (TPSA) is 66.9 Å². The SMILES string of the molecule is Cc1nc(Nc2ccccc2)cc(C(=O)NCc2ccccc2F)n1. The maximum atomic E-state index is 13.6. The van der Waals surface area contributed by atoms with Crippen LogP contribution in [-0.2, 0) is 6.54 Å². The van der Waals surface area contributed by atoms with E-state index in [0.29, 0.717) is 17.2 Å². The molecule has 0 fully saturated rings. The lowest BCUT2D eigenvalue weighted by Gasteiger charge is -2.09. The predicted octanol–water partition coefficient (Wildman–Crippen LogP) is 3.60. The molecule has 6 heteroatoms. The van der Waals surface area contributed by atoms with Gasteiger partial charge in [0, 0.05) is 23.9 Å². The maximum absolute atomic E-state index is 13.6. The average Bonchev–Trinajstić information content (AvgIpc) is 2.61. The molecule has 1 heterocycles. The van der Waals surface area contributed by atoms with Crippen LogP contribution in [0.15, 0.2) is 60.7 Å².